The predicted molar refractivity (Wildman–Crippen MR) is 76.1 cm³/mol. The molecule has 1 aliphatic rings. The average molecular weight is 269 g/mol. The van der Waals surface area contributed by atoms with Gasteiger partial charge in [-0.15, -0.1) is 12.4 Å². The van der Waals surface area contributed by atoms with Crippen LogP contribution in [0.2, 0.25) is 0 Å². The molecule has 0 aliphatic carbocycles. The van der Waals surface area contributed by atoms with E-state index in [0.29, 0.717) is 12.5 Å². The van der Waals surface area contributed by atoms with Crippen molar-refractivity contribution < 1.29 is 4.79 Å². The van der Waals surface area contributed by atoms with Gasteiger partial charge in [-0.3, -0.25) is 4.79 Å². The van der Waals surface area contributed by atoms with Crippen molar-refractivity contribution in [2.24, 2.45) is 0 Å². The van der Waals surface area contributed by atoms with E-state index >= 15 is 0 Å². The molecule has 2 rings (SSSR count). The van der Waals surface area contributed by atoms with Crippen molar-refractivity contribution in [2.45, 2.75) is 25.8 Å². The molecule has 0 bridgehead atoms. The van der Waals surface area contributed by atoms with Crippen LogP contribution in [-0.2, 0) is 11.2 Å². The van der Waals surface area contributed by atoms with Crippen molar-refractivity contribution >= 4 is 18.3 Å². The van der Waals surface area contributed by atoms with E-state index in [9.17, 15) is 4.79 Å². The third-order valence-corrected chi connectivity index (χ3v) is 3.29. The minimum atomic E-state index is 0. The molecule has 1 fully saturated rings. The van der Waals surface area contributed by atoms with Gasteiger partial charge in [0.2, 0.25) is 5.91 Å². The Hall–Kier alpha value is -1.06. The first-order valence-electron chi connectivity index (χ1n) is 6.31. The van der Waals surface area contributed by atoms with Gasteiger partial charge < -0.3 is 10.2 Å². The molecule has 1 atom stereocenters. The summed E-state index contributed by atoms with van der Waals surface area (Å²) in [5.74, 6) is 0.280. The van der Waals surface area contributed by atoms with Gasteiger partial charge in [-0.1, -0.05) is 30.3 Å². The number of amides is 1. The fraction of sp³-hybridized carbons (Fsp3) is 0.500. The fourth-order valence-corrected chi connectivity index (χ4v) is 2.25. The molecule has 4 heteroatoms. The first-order chi connectivity index (χ1) is 8.27. The highest BCUT2D eigenvalue weighted by molar-refractivity contribution is 5.85. The van der Waals surface area contributed by atoms with Gasteiger partial charge in [0.1, 0.15) is 0 Å². The number of hydrogen-bond acceptors (Lipinski definition) is 2. The normalized spacial score (nSPS) is 19.2. The molecule has 0 aromatic heterocycles. The fourth-order valence-electron chi connectivity index (χ4n) is 2.25. The number of halogens is 1. The molecule has 0 radical (unpaired) electrons. The van der Waals surface area contributed by atoms with E-state index in [1.165, 1.54) is 5.56 Å². The SMILES string of the molecule is C[C@H]1CNCCN1C(=O)CCc1ccccc1.Cl. The van der Waals surface area contributed by atoms with Crippen LogP contribution in [0.4, 0.5) is 0 Å². The van der Waals surface area contributed by atoms with E-state index in [4.69, 9.17) is 0 Å². The minimum Gasteiger partial charge on any atom is -0.337 e. The number of carbonyl (C=O) groups is 1. The van der Waals surface area contributed by atoms with Crippen LogP contribution in [0, 0.1) is 0 Å². The molecule has 1 aliphatic heterocycles. The smallest absolute Gasteiger partial charge is 0.223 e. The maximum atomic E-state index is 12.1. The quantitative estimate of drug-likeness (QED) is 0.908. The van der Waals surface area contributed by atoms with Crippen LogP contribution in [0.5, 0.6) is 0 Å². The molecule has 100 valence electrons. The summed E-state index contributed by atoms with van der Waals surface area (Å²) in [6, 6.07) is 10.5. The summed E-state index contributed by atoms with van der Waals surface area (Å²) in [6.45, 7) is 4.78. The summed E-state index contributed by atoms with van der Waals surface area (Å²) in [5, 5.41) is 3.30. The Morgan fingerprint density at radius 1 is 1.39 bits per heavy atom. The standard InChI is InChI=1S/C14H20N2O.ClH/c1-12-11-15-9-10-16(12)14(17)8-7-13-5-3-2-4-6-13;/h2-6,12,15H,7-11H2,1H3;1H/t12-;/m0./s1. The second kappa shape index (κ2) is 7.39. The number of nitrogens with one attached hydrogen (secondary N) is 1. The lowest BCUT2D eigenvalue weighted by Crippen LogP contribution is -2.52. The molecule has 1 aromatic rings. The number of nitrogens with zero attached hydrogens (tertiary/aromatic N) is 1. The molecular formula is C14H21ClN2O. The Bertz CT molecular complexity index is 369. The molecule has 0 spiro atoms. The van der Waals surface area contributed by atoms with Crippen LogP contribution in [0.1, 0.15) is 18.9 Å². The van der Waals surface area contributed by atoms with Gasteiger partial charge >= 0.3 is 0 Å². The zero-order chi connectivity index (χ0) is 12.1. The van der Waals surface area contributed by atoms with E-state index in [1.54, 1.807) is 0 Å². The molecular weight excluding hydrogens is 248 g/mol. The largest absolute Gasteiger partial charge is 0.337 e. The molecule has 1 N–H and O–H groups in total. The Balaban J connectivity index is 0.00000162. The summed E-state index contributed by atoms with van der Waals surface area (Å²) in [7, 11) is 0. The van der Waals surface area contributed by atoms with Gasteiger partial charge in [0.05, 0.1) is 0 Å². The first-order valence-corrected chi connectivity index (χ1v) is 6.31. The van der Waals surface area contributed by atoms with E-state index in [0.717, 1.165) is 26.1 Å². The van der Waals surface area contributed by atoms with Crippen molar-refractivity contribution in [2.75, 3.05) is 19.6 Å². The zero-order valence-corrected chi connectivity index (χ0v) is 11.6. The number of piperazine rings is 1. The van der Waals surface area contributed by atoms with Crippen LogP contribution < -0.4 is 5.32 Å². The highest BCUT2D eigenvalue weighted by atomic mass is 35.5. The van der Waals surface area contributed by atoms with E-state index in [2.05, 4.69) is 24.4 Å². The van der Waals surface area contributed by atoms with Crippen LogP contribution in [0.15, 0.2) is 30.3 Å². The highest BCUT2D eigenvalue weighted by Crippen LogP contribution is 2.08. The third kappa shape index (κ3) is 4.00. The average Bonchev–Trinajstić information content (AvgIpc) is 2.38. The van der Waals surface area contributed by atoms with Crippen molar-refractivity contribution in [3.05, 3.63) is 35.9 Å². The zero-order valence-electron chi connectivity index (χ0n) is 10.8. The second-order valence-corrected chi connectivity index (χ2v) is 4.63. The predicted octanol–water partition coefficient (Wildman–Crippen LogP) is 1.86. The Kier molecular flexibility index (Phi) is 6.16. The van der Waals surface area contributed by atoms with Crippen LogP contribution >= 0.6 is 12.4 Å². The lowest BCUT2D eigenvalue weighted by molar-refractivity contribution is -0.133. The third-order valence-electron chi connectivity index (χ3n) is 3.29. The topological polar surface area (TPSA) is 32.3 Å². The lowest BCUT2D eigenvalue weighted by atomic mass is 10.1. The molecule has 0 saturated carbocycles. The van der Waals surface area contributed by atoms with Gasteiger partial charge in [-0.25, -0.2) is 0 Å². The van der Waals surface area contributed by atoms with Crippen molar-refractivity contribution in [3.8, 4) is 0 Å². The van der Waals surface area contributed by atoms with Crippen molar-refractivity contribution in [1.82, 2.24) is 10.2 Å². The molecule has 1 saturated heterocycles. The van der Waals surface area contributed by atoms with Gasteiger partial charge in [0.25, 0.3) is 0 Å². The van der Waals surface area contributed by atoms with Crippen molar-refractivity contribution in [1.29, 1.82) is 0 Å². The summed E-state index contributed by atoms with van der Waals surface area (Å²) < 4.78 is 0. The Morgan fingerprint density at radius 3 is 2.78 bits per heavy atom. The summed E-state index contributed by atoms with van der Waals surface area (Å²) in [6.07, 6.45) is 1.46. The molecule has 3 nitrogen and oxygen atoms in total. The number of rotatable bonds is 3. The van der Waals surface area contributed by atoms with Gasteiger partial charge in [-0.05, 0) is 18.9 Å². The maximum absolute atomic E-state index is 12.1. The lowest BCUT2D eigenvalue weighted by Gasteiger charge is -2.34. The van der Waals surface area contributed by atoms with E-state index in [1.807, 2.05) is 23.1 Å². The molecule has 18 heavy (non-hydrogen) atoms. The summed E-state index contributed by atoms with van der Waals surface area (Å²) >= 11 is 0. The summed E-state index contributed by atoms with van der Waals surface area (Å²) in [4.78, 5) is 14.1. The molecule has 1 heterocycles. The second-order valence-electron chi connectivity index (χ2n) is 4.63. The molecule has 1 aromatic carbocycles. The monoisotopic (exact) mass is 268 g/mol. The number of aryl methyl sites for hydroxylation is 1. The maximum Gasteiger partial charge on any atom is 0.223 e. The number of benzene rings is 1. The first kappa shape index (κ1) is 15.0. The van der Waals surface area contributed by atoms with E-state index < -0.39 is 0 Å². The number of carbonyl (C=O) groups excluding carboxylic acids is 1. The van der Waals surface area contributed by atoms with Gasteiger partial charge in [0, 0.05) is 32.1 Å². The van der Waals surface area contributed by atoms with Gasteiger partial charge in [-0.2, -0.15) is 0 Å². The van der Waals surface area contributed by atoms with Crippen LogP contribution in [0.25, 0.3) is 0 Å². The number of hydrogen-bond donors (Lipinski definition) is 1. The van der Waals surface area contributed by atoms with Crippen molar-refractivity contribution in [3.63, 3.8) is 0 Å². The minimum absolute atomic E-state index is 0. The Morgan fingerprint density at radius 2 is 2.11 bits per heavy atom. The molecule has 1 amide bonds. The molecule has 0 unspecified atom stereocenters. The van der Waals surface area contributed by atoms with E-state index in [-0.39, 0.29) is 18.3 Å². The Labute approximate surface area is 115 Å². The van der Waals surface area contributed by atoms with Gasteiger partial charge in [0.15, 0.2) is 0 Å². The van der Waals surface area contributed by atoms with Crippen LogP contribution in [-0.4, -0.2) is 36.5 Å². The highest BCUT2D eigenvalue weighted by Gasteiger charge is 2.22. The van der Waals surface area contributed by atoms with Crippen LogP contribution in [0.3, 0.4) is 0 Å². The summed E-state index contributed by atoms with van der Waals surface area (Å²) in [5.41, 5.74) is 1.24.